The van der Waals surface area contributed by atoms with Gasteiger partial charge in [0.2, 0.25) is 0 Å². The van der Waals surface area contributed by atoms with Gasteiger partial charge in [-0.2, -0.15) is 0 Å². The number of anilines is 1. The fraction of sp³-hybridized carbons (Fsp3) is 0.278. The van der Waals surface area contributed by atoms with Crippen LogP contribution in [0.3, 0.4) is 0 Å². The predicted molar refractivity (Wildman–Crippen MR) is 94.4 cm³/mol. The zero-order valence-corrected chi connectivity index (χ0v) is 14.4. The molecular weight excluding hydrogens is 324 g/mol. The zero-order chi connectivity index (χ0) is 18.4. The summed E-state index contributed by atoms with van der Waals surface area (Å²) in [6.45, 7) is 2.21. The lowest BCUT2D eigenvalue weighted by atomic mass is 10.1. The van der Waals surface area contributed by atoms with E-state index in [-0.39, 0.29) is 24.5 Å². The highest BCUT2D eigenvalue weighted by Gasteiger charge is 2.19. The molecule has 0 heterocycles. The molecule has 0 unspecified atom stereocenters. The second-order valence-corrected chi connectivity index (χ2v) is 5.66. The quantitative estimate of drug-likeness (QED) is 0.332. The van der Waals surface area contributed by atoms with Crippen LogP contribution in [0.2, 0.25) is 0 Å². The Morgan fingerprint density at radius 2 is 1.92 bits per heavy atom. The average molecular weight is 344 g/mol. The number of nitrogens with zero attached hydrogens (tertiary/aromatic N) is 2. The number of aryl methyl sites for hydroxylation is 1. The van der Waals surface area contributed by atoms with Gasteiger partial charge in [0.25, 0.3) is 5.69 Å². The molecule has 0 saturated carbocycles. The van der Waals surface area contributed by atoms with Gasteiger partial charge in [-0.1, -0.05) is 12.1 Å². The number of esters is 1. The number of hydrogen-bond donors (Lipinski definition) is 0. The Morgan fingerprint density at radius 3 is 2.56 bits per heavy atom. The third kappa shape index (κ3) is 4.94. The molecule has 2 rings (SSSR count). The predicted octanol–water partition coefficient (Wildman–Crippen LogP) is 3.21. The van der Waals surface area contributed by atoms with E-state index >= 15 is 0 Å². The summed E-state index contributed by atoms with van der Waals surface area (Å²) < 4.78 is 10.6. The van der Waals surface area contributed by atoms with Crippen LogP contribution in [-0.2, 0) is 4.74 Å². The number of hydrogen-bond acceptors (Lipinski definition) is 6. The monoisotopic (exact) mass is 344 g/mol. The van der Waals surface area contributed by atoms with Gasteiger partial charge in [0.15, 0.2) is 0 Å². The van der Waals surface area contributed by atoms with E-state index in [0.717, 1.165) is 5.56 Å². The van der Waals surface area contributed by atoms with Crippen molar-refractivity contribution in [2.45, 2.75) is 6.92 Å². The van der Waals surface area contributed by atoms with Gasteiger partial charge in [-0.25, -0.2) is 4.79 Å². The van der Waals surface area contributed by atoms with E-state index in [0.29, 0.717) is 11.4 Å². The molecule has 0 bridgehead atoms. The Kier molecular flexibility index (Phi) is 5.94. The fourth-order valence-electron chi connectivity index (χ4n) is 2.26. The summed E-state index contributed by atoms with van der Waals surface area (Å²) in [5, 5.41) is 11.2. The highest BCUT2D eigenvalue weighted by molar-refractivity contribution is 5.91. The summed E-state index contributed by atoms with van der Waals surface area (Å²) in [5.41, 5.74) is 1.48. The fourth-order valence-corrected chi connectivity index (χ4v) is 2.26. The number of rotatable bonds is 7. The maximum Gasteiger partial charge on any atom is 0.338 e. The van der Waals surface area contributed by atoms with Crippen molar-refractivity contribution >= 4 is 17.3 Å². The standard InChI is InChI=1S/C18H20N2O5/c1-13-5-4-6-15(11-13)24-9-10-25-18(21)14-7-8-16(19(2)3)17(12-14)20(22)23/h4-8,11-12H,9-10H2,1-3H3. The summed E-state index contributed by atoms with van der Waals surface area (Å²) >= 11 is 0. The summed E-state index contributed by atoms with van der Waals surface area (Å²) in [5.74, 6) is 0.0725. The third-order valence-electron chi connectivity index (χ3n) is 3.46. The lowest BCUT2D eigenvalue weighted by Crippen LogP contribution is -2.14. The highest BCUT2D eigenvalue weighted by atomic mass is 16.6. The molecule has 0 spiro atoms. The minimum absolute atomic E-state index is 0.0516. The topological polar surface area (TPSA) is 81.9 Å². The molecule has 0 saturated heterocycles. The molecule has 0 aromatic heterocycles. The van der Waals surface area contributed by atoms with Crippen LogP contribution in [0.25, 0.3) is 0 Å². The minimum atomic E-state index is -0.624. The van der Waals surface area contributed by atoms with E-state index in [1.807, 2.05) is 31.2 Å². The summed E-state index contributed by atoms with van der Waals surface area (Å²) in [7, 11) is 3.39. The van der Waals surface area contributed by atoms with Gasteiger partial charge in [-0.15, -0.1) is 0 Å². The van der Waals surface area contributed by atoms with Crippen LogP contribution in [0.1, 0.15) is 15.9 Å². The van der Waals surface area contributed by atoms with Crippen molar-refractivity contribution in [1.82, 2.24) is 0 Å². The first-order valence-electron chi connectivity index (χ1n) is 7.71. The van der Waals surface area contributed by atoms with Gasteiger partial charge in [0.05, 0.1) is 10.5 Å². The number of ether oxygens (including phenoxy) is 2. The molecule has 25 heavy (non-hydrogen) atoms. The molecule has 0 N–H and O–H groups in total. The molecule has 0 amide bonds. The second-order valence-electron chi connectivity index (χ2n) is 5.66. The third-order valence-corrected chi connectivity index (χ3v) is 3.46. The smallest absolute Gasteiger partial charge is 0.338 e. The number of carbonyl (C=O) groups is 1. The van der Waals surface area contributed by atoms with E-state index in [4.69, 9.17) is 9.47 Å². The Morgan fingerprint density at radius 1 is 1.16 bits per heavy atom. The van der Waals surface area contributed by atoms with Crippen molar-refractivity contribution in [1.29, 1.82) is 0 Å². The lowest BCUT2D eigenvalue weighted by Gasteiger charge is -2.13. The van der Waals surface area contributed by atoms with Crippen LogP contribution in [0.15, 0.2) is 42.5 Å². The summed E-state index contributed by atoms with van der Waals surface area (Å²) in [4.78, 5) is 24.3. The molecule has 2 aromatic carbocycles. The summed E-state index contributed by atoms with van der Waals surface area (Å²) in [6.07, 6.45) is 0. The van der Waals surface area contributed by atoms with Crippen LogP contribution < -0.4 is 9.64 Å². The SMILES string of the molecule is Cc1cccc(OCCOC(=O)c2ccc(N(C)C)c([N+](=O)[O-])c2)c1. The molecule has 0 fully saturated rings. The van der Waals surface area contributed by atoms with Crippen molar-refractivity contribution in [2.24, 2.45) is 0 Å². The lowest BCUT2D eigenvalue weighted by molar-refractivity contribution is -0.384. The van der Waals surface area contributed by atoms with Crippen molar-refractivity contribution in [3.63, 3.8) is 0 Å². The molecule has 0 atom stereocenters. The van der Waals surface area contributed by atoms with E-state index in [9.17, 15) is 14.9 Å². The molecule has 2 aromatic rings. The van der Waals surface area contributed by atoms with Crippen molar-refractivity contribution < 1.29 is 19.2 Å². The van der Waals surface area contributed by atoms with Crippen LogP contribution >= 0.6 is 0 Å². The highest BCUT2D eigenvalue weighted by Crippen LogP contribution is 2.27. The molecule has 132 valence electrons. The van der Waals surface area contributed by atoms with E-state index in [2.05, 4.69) is 0 Å². The van der Waals surface area contributed by atoms with Gasteiger partial charge >= 0.3 is 5.97 Å². The number of nitro groups is 1. The first kappa shape index (κ1) is 18.3. The Balaban J connectivity index is 1.94. The number of benzene rings is 2. The largest absolute Gasteiger partial charge is 0.490 e. The van der Waals surface area contributed by atoms with Gasteiger partial charge in [-0.05, 0) is 36.8 Å². The second kappa shape index (κ2) is 8.14. The summed E-state index contributed by atoms with van der Waals surface area (Å²) in [6, 6.07) is 11.8. The first-order valence-corrected chi connectivity index (χ1v) is 7.71. The molecule has 0 aliphatic heterocycles. The molecule has 0 aliphatic carbocycles. The molecule has 7 nitrogen and oxygen atoms in total. The molecule has 0 radical (unpaired) electrons. The van der Waals surface area contributed by atoms with Crippen LogP contribution in [0.5, 0.6) is 5.75 Å². The van der Waals surface area contributed by atoms with Crippen LogP contribution in [-0.4, -0.2) is 38.2 Å². The van der Waals surface area contributed by atoms with E-state index in [1.54, 1.807) is 19.0 Å². The minimum Gasteiger partial charge on any atom is -0.490 e. The van der Waals surface area contributed by atoms with Crippen LogP contribution in [0, 0.1) is 17.0 Å². The maximum atomic E-state index is 12.1. The van der Waals surface area contributed by atoms with Crippen molar-refractivity contribution in [3.8, 4) is 5.75 Å². The number of carbonyl (C=O) groups excluding carboxylic acids is 1. The van der Waals surface area contributed by atoms with Gasteiger partial charge in [0, 0.05) is 20.2 Å². The van der Waals surface area contributed by atoms with Gasteiger partial charge in [-0.3, -0.25) is 10.1 Å². The van der Waals surface area contributed by atoms with E-state index in [1.165, 1.54) is 18.2 Å². The maximum absolute atomic E-state index is 12.1. The van der Waals surface area contributed by atoms with E-state index < -0.39 is 10.9 Å². The van der Waals surface area contributed by atoms with Crippen molar-refractivity contribution in [3.05, 3.63) is 63.7 Å². The molecular formula is C18H20N2O5. The first-order chi connectivity index (χ1) is 11.9. The number of nitro benzene ring substituents is 1. The molecule has 0 aliphatic rings. The normalized spacial score (nSPS) is 10.2. The molecule has 7 heteroatoms. The van der Waals surface area contributed by atoms with Crippen LogP contribution in [0.4, 0.5) is 11.4 Å². The average Bonchev–Trinajstić information content (AvgIpc) is 2.58. The zero-order valence-electron chi connectivity index (χ0n) is 14.4. The van der Waals surface area contributed by atoms with Gasteiger partial charge < -0.3 is 14.4 Å². The Labute approximate surface area is 145 Å². The van der Waals surface area contributed by atoms with Crippen molar-refractivity contribution in [2.75, 3.05) is 32.2 Å². The van der Waals surface area contributed by atoms with Gasteiger partial charge in [0.1, 0.15) is 24.7 Å². The Bertz CT molecular complexity index is 774. The Hall–Kier alpha value is -3.09.